The normalized spacial score (nSPS) is 16.1. The van der Waals surface area contributed by atoms with E-state index in [1.807, 2.05) is 60.8 Å². The number of carbonyl (C=O) groups excluding carboxylic acids is 1. The second kappa shape index (κ2) is 8.61. The third-order valence-corrected chi connectivity index (χ3v) is 7.07. The van der Waals surface area contributed by atoms with Gasteiger partial charge in [-0.2, -0.15) is 0 Å². The SMILES string of the molecule is CCOC(=O)C1=C(C)N=c2sc(=Cc3c[nH]c4ccc(Br)cc34)c(=O)n2C1c1ccccc1. The number of allylic oxidation sites excluding steroid dienone is 1. The highest BCUT2D eigenvalue weighted by Crippen LogP contribution is 2.30. The Morgan fingerprint density at radius 3 is 2.82 bits per heavy atom. The summed E-state index contributed by atoms with van der Waals surface area (Å²) in [5.41, 5.74) is 3.49. The number of carbonyl (C=O) groups is 1. The number of aromatic amines is 1. The Morgan fingerprint density at radius 1 is 1.27 bits per heavy atom. The van der Waals surface area contributed by atoms with Crippen molar-refractivity contribution in [2.24, 2.45) is 4.99 Å². The summed E-state index contributed by atoms with van der Waals surface area (Å²) in [5, 5.41) is 1.01. The lowest BCUT2D eigenvalue weighted by Crippen LogP contribution is -2.39. The smallest absolute Gasteiger partial charge is 0.338 e. The molecule has 0 bridgehead atoms. The molecule has 1 unspecified atom stereocenters. The maximum Gasteiger partial charge on any atom is 0.338 e. The lowest BCUT2D eigenvalue weighted by Gasteiger charge is -2.24. The Morgan fingerprint density at radius 2 is 2.06 bits per heavy atom. The van der Waals surface area contributed by atoms with Crippen LogP contribution in [0.4, 0.5) is 0 Å². The predicted octanol–water partition coefficient (Wildman–Crippen LogP) is 4.04. The van der Waals surface area contributed by atoms with Crippen molar-refractivity contribution in [2.75, 3.05) is 6.61 Å². The van der Waals surface area contributed by atoms with Gasteiger partial charge in [0.25, 0.3) is 5.56 Å². The molecule has 6 nitrogen and oxygen atoms in total. The summed E-state index contributed by atoms with van der Waals surface area (Å²) in [7, 11) is 0. The molecule has 2 aromatic heterocycles. The van der Waals surface area contributed by atoms with Crippen LogP contribution >= 0.6 is 27.3 Å². The van der Waals surface area contributed by atoms with Gasteiger partial charge in [0.1, 0.15) is 0 Å². The van der Waals surface area contributed by atoms with Crippen molar-refractivity contribution in [1.29, 1.82) is 0 Å². The lowest BCUT2D eigenvalue weighted by molar-refractivity contribution is -0.139. The van der Waals surface area contributed by atoms with Gasteiger partial charge < -0.3 is 9.72 Å². The average molecular weight is 522 g/mol. The van der Waals surface area contributed by atoms with E-state index in [9.17, 15) is 9.59 Å². The number of ether oxygens (including phenoxy) is 1. The van der Waals surface area contributed by atoms with E-state index in [-0.39, 0.29) is 12.2 Å². The second-order valence-corrected chi connectivity index (χ2v) is 9.57. The molecule has 1 N–H and O–H groups in total. The fraction of sp³-hybridized carbons (Fsp3) is 0.160. The number of esters is 1. The molecular weight excluding hydrogens is 502 g/mol. The maximum atomic E-state index is 13.6. The lowest BCUT2D eigenvalue weighted by atomic mass is 9.96. The van der Waals surface area contributed by atoms with Crippen LogP contribution in [-0.4, -0.2) is 22.1 Å². The van der Waals surface area contributed by atoms with Crippen LogP contribution in [0, 0.1) is 0 Å². The van der Waals surface area contributed by atoms with Gasteiger partial charge in [-0.3, -0.25) is 9.36 Å². The minimum atomic E-state index is -0.597. The molecule has 0 radical (unpaired) electrons. The zero-order chi connectivity index (χ0) is 23.1. The molecule has 33 heavy (non-hydrogen) atoms. The fourth-order valence-electron chi connectivity index (χ4n) is 4.12. The summed E-state index contributed by atoms with van der Waals surface area (Å²) in [6, 6.07) is 14.9. The van der Waals surface area contributed by atoms with Crippen LogP contribution in [-0.2, 0) is 9.53 Å². The number of rotatable bonds is 4. The van der Waals surface area contributed by atoms with Gasteiger partial charge in [0.05, 0.1) is 28.5 Å². The number of nitrogens with zero attached hydrogens (tertiary/aromatic N) is 2. The number of thiazole rings is 1. The van der Waals surface area contributed by atoms with Crippen molar-refractivity contribution >= 4 is 50.2 Å². The van der Waals surface area contributed by atoms with Gasteiger partial charge in [-0.25, -0.2) is 9.79 Å². The third kappa shape index (κ3) is 3.79. The van der Waals surface area contributed by atoms with Crippen molar-refractivity contribution in [3.05, 3.63) is 101 Å². The molecule has 0 amide bonds. The van der Waals surface area contributed by atoms with Gasteiger partial charge in [0.15, 0.2) is 4.80 Å². The molecule has 0 saturated carbocycles. The van der Waals surface area contributed by atoms with E-state index in [1.54, 1.807) is 18.4 Å². The van der Waals surface area contributed by atoms with Crippen LogP contribution in [0.2, 0.25) is 0 Å². The van der Waals surface area contributed by atoms with Crippen LogP contribution in [0.1, 0.15) is 31.0 Å². The van der Waals surface area contributed by atoms with Crippen molar-refractivity contribution in [3.8, 4) is 0 Å². The predicted molar refractivity (Wildman–Crippen MR) is 133 cm³/mol. The standard InChI is InChI=1S/C25H20BrN3O3S/c1-3-32-24(31)21-14(2)28-25-29(22(21)15-7-5-4-6-8-15)23(30)20(33-25)11-16-13-27-19-10-9-17(26)12-18(16)19/h4-13,22,27H,3H2,1-2H3. The topological polar surface area (TPSA) is 76.4 Å². The summed E-state index contributed by atoms with van der Waals surface area (Å²) < 4.78 is 8.44. The maximum absolute atomic E-state index is 13.6. The van der Waals surface area contributed by atoms with Crippen molar-refractivity contribution in [3.63, 3.8) is 0 Å². The first kappa shape index (κ1) is 21.6. The van der Waals surface area contributed by atoms with Gasteiger partial charge in [-0.1, -0.05) is 57.6 Å². The number of hydrogen-bond donors (Lipinski definition) is 1. The number of nitrogens with one attached hydrogen (secondary N) is 1. The van der Waals surface area contributed by atoms with Gasteiger partial charge in [-0.05, 0) is 43.7 Å². The molecule has 2 aromatic carbocycles. The Bertz CT molecular complexity index is 1600. The van der Waals surface area contributed by atoms with Crippen LogP contribution in [0.15, 0.2) is 80.3 Å². The molecule has 0 spiro atoms. The third-order valence-electron chi connectivity index (χ3n) is 5.59. The number of halogens is 1. The number of hydrogen-bond acceptors (Lipinski definition) is 5. The Labute approximate surface area is 201 Å². The number of H-pyrrole nitrogens is 1. The molecule has 1 aliphatic heterocycles. The summed E-state index contributed by atoms with van der Waals surface area (Å²) in [6.07, 6.45) is 3.76. The molecule has 166 valence electrons. The first-order chi connectivity index (χ1) is 16.0. The molecule has 0 fully saturated rings. The fourth-order valence-corrected chi connectivity index (χ4v) is 5.52. The summed E-state index contributed by atoms with van der Waals surface area (Å²) in [4.78, 5) is 35.0. The largest absolute Gasteiger partial charge is 0.463 e. The molecule has 0 aliphatic carbocycles. The zero-order valence-electron chi connectivity index (χ0n) is 18.0. The Kier molecular flexibility index (Phi) is 5.64. The highest BCUT2D eigenvalue weighted by molar-refractivity contribution is 9.10. The van der Waals surface area contributed by atoms with Gasteiger partial charge >= 0.3 is 5.97 Å². The van der Waals surface area contributed by atoms with Crippen molar-refractivity contribution < 1.29 is 9.53 Å². The van der Waals surface area contributed by atoms with E-state index in [2.05, 4.69) is 25.9 Å². The average Bonchev–Trinajstić information content (AvgIpc) is 3.34. The van der Waals surface area contributed by atoms with E-state index in [4.69, 9.17) is 4.74 Å². The van der Waals surface area contributed by atoms with Gasteiger partial charge in [0, 0.05) is 27.1 Å². The molecule has 1 atom stereocenters. The Balaban J connectivity index is 1.74. The van der Waals surface area contributed by atoms with E-state index < -0.39 is 12.0 Å². The highest BCUT2D eigenvalue weighted by atomic mass is 79.9. The second-order valence-electron chi connectivity index (χ2n) is 7.65. The molecule has 3 heterocycles. The van der Waals surface area contributed by atoms with Crippen LogP contribution in [0.5, 0.6) is 0 Å². The van der Waals surface area contributed by atoms with Crippen molar-refractivity contribution in [2.45, 2.75) is 19.9 Å². The zero-order valence-corrected chi connectivity index (χ0v) is 20.4. The summed E-state index contributed by atoms with van der Waals surface area (Å²) in [6.45, 7) is 3.80. The molecule has 1 aliphatic rings. The molecule has 8 heteroatoms. The Hall–Kier alpha value is -3.23. The molecule has 5 rings (SSSR count). The molecule has 4 aromatic rings. The van der Waals surface area contributed by atoms with E-state index >= 15 is 0 Å². The first-order valence-corrected chi connectivity index (χ1v) is 12.1. The monoisotopic (exact) mass is 521 g/mol. The number of benzene rings is 2. The minimum absolute atomic E-state index is 0.189. The van der Waals surface area contributed by atoms with Crippen molar-refractivity contribution in [1.82, 2.24) is 9.55 Å². The van der Waals surface area contributed by atoms with Crippen LogP contribution < -0.4 is 14.9 Å². The van der Waals surface area contributed by atoms with Gasteiger partial charge in [0.2, 0.25) is 0 Å². The molecule has 0 saturated heterocycles. The van der Waals surface area contributed by atoms with E-state index in [0.717, 1.165) is 26.5 Å². The number of fused-ring (bicyclic) bond motifs is 2. The summed E-state index contributed by atoms with van der Waals surface area (Å²) >= 11 is 4.83. The van der Waals surface area contributed by atoms with Crippen LogP contribution in [0.3, 0.4) is 0 Å². The summed E-state index contributed by atoms with van der Waals surface area (Å²) in [5.74, 6) is -0.455. The highest BCUT2D eigenvalue weighted by Gasteiger charge is 2.33. The first-order valence-electron chi connectivity index (χ1n) is 10.5. The van der Waals surface area contributed by atoms with E-state index in [0.29, 0.717) is 20.6 Å². The molecular formula is C25H20BrN3O3S. The number of aromatic nitrogens is 2. The van der Waals surface area contributed by atoms with Crippen LogP contribution in [0.25, 0.3) is 17.0 Å². The van der Waals surface area contributed by atoms with E-state index in [1.165, 1.54) is 11.3 Å². The minimum Gasteiger partial charge on any atom is -0.463 e. The quantitative estimate of drug-likeness (QED) is 0.411. The van der Waals surface area contributed by atoms with Gasteiger partial charge in [-0.15, -0.1) is 0 Å².